The molecule has 1 atom stereocenters. The summed E-state index contributed by atoms with van der Waals surface area (Å²) in [6, 6.07) is 5.34. The van der Waals surface area contributed by atoms with Gasteiger partial charge in [-0.2, -0.15) is 5.10 Å². The van der Waals surface area contributed by atoms with E-state index in [4.69, 9.17) is 23.2 Å². The molecule has 8 heteroatoms. The Morgan fingerprint density at radius 1 is 1.04 bits per heavy atom. The Bertz CT molecular complexity index is 981. The number of nitrogens with zero attached hydrogens (tertiary/aromatic N) is 2. The average molecular weight is 401 g/mol. The molecule has 0 radical (unpaired) electrons. The summed E-state index contributed by atoms with van der Waals surface area (Å²) in [7, 11) is 1.56. The SMILES string of the molecule is Cc1nn(C)c(C(O)c2c(F)cc(F)cc2Cl)c1-c1ccc(F)cc1Cl. The summed E-state index contributed by atoms with van der Waals surface area (Å²) in [5, 5.41) is 14.9. The highest BCUT2D eigenvalue weighted by molar-refractivity contribution is 6.33. The monoisotopic (exact) mass is 400 g/mol. The van der Waals surface area contributed by atoms with Gasteiger partial charge in [-0.1, -0.05) is 23.2 Å². The minimum atomic E-state index is -1.54. The number of aliphatic hydroxyl groups is 1. The second kappa shape index (κ2) is 6.95. The Labute approximate surface area is 157 Å². The van der Waals surface area contributed by atoms with Crippen molar-refractivity contribution in [1.82, 2.24) is 9.78 Å². The fourth-order valence-corrected chi connectivity index (χ4v) is 3.53. The molecule has 0 saturated carbocycles. The van der Waals surface area contributed by atoms with Crippen LogP contribution in [-0.2, 0) is 7.05 Å². The van der Waals surface area contributed by atoms with E-state index in [0.717, 1.165) is 12.1 Å². The molecule has 0 aliphatic carbocycles. The number of rotatable bonds is 3. The fourth-order valence-electron chi connectivity index (χ4n) is 2.97. The van der Waals surface area contributed by atoms with Gasteiger partial charge in [-0.15, -0.1) is 0 Å². The van der Waals surface area contributed by atoms with Gasteiger partial charge in [0.15, 0.2) is 0 Å². The first-order chi connectivity index (χ1) is 12.2. The molecule has 0 bridgehead atoms. The predicted octanol–water partition coefficient (Wildman–Crippen LogP) is 5.20. The van der Waals surface area contributed by atoms with Crippen LogP contribution in [0.4, 0.5) is 13.2 Å². The van der Waals surface area contributed by atoms with E-state index in [1.165, 1.54) is 16.8 Å². The van der Waals surface area contributed by atoms with Gasteiger partial charge in [0.25, 0.3) is 0 Å². The van der Waals surface area contributed by atoms with Crippen LogP contribution in [0.1, 0.15) is 23.1 Å². The standard InChI is InChI=1S/C18H13Cl2F3N2O/c1-8-15(11-4-3-9(21)5-12(11)19)17(25(2)24-8)18(26)16-13(20)6-10(22)7-14(16)23/h3-7,18,26H,1-2H3. The van der Waals surface area contributed by atoms with Crippen molar-refractivity contribution in [2.24, 2.45) is 7.05 Å². The molecule has 1 aromatic heterocycles. The van der Waals surface area contributed by atoms with Crippen LogP contribution >= 0.6 is 23.2 Å². The molecule has 0 aliphatic rings. The lowest BCUT2D eigenvalue weighted by atomic mass is 9.96. The van der Waals surface area contributed by atoms with Crippen LogP contribution in [-0.4, -0.2) is 14.9 Å². The lowest BCUT2D eigenvalue weighted by Gasteiger charge is -2.17. The third-order valence-electron chi connectivity index (χ3n) is 4.04. The molecule has 1 unspecified atom stereocenters. The number of aromatic nitrogens is 2. The number of hydrogen-bond acceptors (Lipinski definition) is 2. The molecule has 3 rings (SSSR count). The number of aliphatic hydroxyl groups excluding tert-OH is 1. The number of aryl methyl sites for hydroxylation is 2. The van der Waals surface area contributed by atoms with E-state index in [-0.39, 0.29) is 21.3 Å². The first-order valence-electron chi connectivity index (χ1n) is 7.52. The number of hydrogen-bond donors (Lipinski definition) is 1. The molecule has 0 spiro atoms. The van der Waals surface area contributed by atoms with Crippen LogP contribution in [0.15, 0.2) is 30.3 Å². The van der Waals surface area contributed by atoms with Gasteiger partial charge in [0.1, 0.15) is 23.6 Å². The Kier molecular flexibility index (Phi) is 5.01. The van der Waals surface area contributed by atoms with Crippen LogP contribution in [0, 0.1) is 24.4 Å². The summed E-state index contributed by atoms with van der Waals surface area (Å²) in [6.45, 7) is 1.67. The molecular weight excluding hydrogens is 388 g/mol. The summed E-state index contributed by atoms with van der Waals surface area (Å²) in [5.41, 5.74) is 1.25. The Morgan fingerprint density at radius 2 is 1.69 bits per heavy atom. The molecule has 0 saturated heterocycles. The van der Waals surface area contributed by atoms with Gasteiger partial charge < -0.3 is 5.11 Å². The molecule has 1 heterocycles. The number of benzene rings is 2. The molecule has 0 amide bonds. The van der Waals surface area contributed by atoms with Crippen molar-refractivity contribution in [3.63, 3.8) is 0 Å². The van der Waals surface area contributed by atoms with E-state index < -0.39 is 23.6 Å². The fraction of sp³-hybridized carbons (Fsp3) is 0.167. The maximum absolute atomic E-state index is 14.3. The van der Waals surface area contributed by atoms with Crippen LogP contribution in [0.5, 0.6) is 0 Å². The maximum atomic E-state index is 14.3. The van der Waals surface area contributed by atoms with Crippen molar-refractivity contribution in [3.05, 3.63) is 74.8 Å². The van der Waals surface area contributed by atoms with E-state index in [2.05, 4.69) is 5.10 Å². The third kappa shape index (κ3) is 3.20. The van der Waals surface area contributed by atoms with Crippen LogP contribution in [0.2, 0.25) is 10.0 Å². The van der Waals surface area contributed by atoms with E-state index in [1.807, 2.05) is 0 Å². The van der Waals surface area contributed by atoms with Crippen LogP contribution < -0.4 is 0 Å². The average Bonchev–Trinajstić information content (AvgIpc) is 2.80. The largest absolute Gasteiger partial charge is 0.382 e. The van der Waals surface area contributed by atoms with Crippen LogP contribution in [0.3, 0.4) is 0 Å². The highest BCUT2D eigenvalue weighted by Crippen LogP contribution is 2.40. The Morgan fingerprint density at radius 3 is 2.31 bits per heavy atom. The lowest BCUT2D eigenvalue weighted by Crippen LogP contribution is -2.10. The minimum Gasteiger partial charge on any atom is -0.382 e. The zero-order valence-electron chi connectivity index (χ0n) is 13.7. The second-order valence-electron chi connectivity index (χ2n) is 5.78. The van der Waals surface area contributed by atoms with Crippen LogP contribution in [0.25, 0.3) is 11.1 Å². The predicted molar refractivity (Wildman–Crippen MR) is 93.8 cm³/mol. The molecule has 1 N–H and O–H groups in total. The molecule has 0 aliphatic heterocycles. The zero-order chi connectivity index (χ0) is 19.2. The summed E-state index contributed by atoms with van der Waals surface area (Å²) in [6.07, 6.45) is -1.54. The molecule has 3 nitrogen and oxygen atoms in total. The van der Waals surface area contributed by atoms with Gasteiger partial charge in [0.05, 0.1) is 21.4 Å². The maximum Gasteiger partial charge on any atom is 0.133 e. The minimum absolute atomic E-state index is 0.111. The van der Waals surface area contributed by atoms with E-state index in [0.29, 0.717) is 22.9 Å². The van der Waals surface area contributed by atoms with Gasteiger partial charge in [0, 0.05) is 29.8 Å². The van der Waals surface area contributed by atoms with Crippen molar-refractivity contribution in [2.75, 3.05) is 0 Å². The van der Waals surface area contributed by atoms with Gasteiger partial charge in [-0.3, -0.25) is 4.68 Å². The van der Waals surface area contributed by atoms with Crippen molar-refractivity contribution < 1.29 is 18.3 Å². The summed E-state index contributed by atoms with van der Waals surface area (Å²) >= 11 is 12.1. The molecular formula is C18H13Cl2F3N2O. The van der Waals surface area contributed by atoms with E-state index >= 15 is 0 Å². The summed E-state index contributed by atoms with van der Waals surface area (Å²) in [5.74, 6) is -2.36. The number of halogens is 5. The Balaban J connectivity index is 2.24. The third-order valence-corrected chi connectivity index (χ3v) is 4.67. The molecule has 0 fully saturated rings. The zero-order valence-corrected chi connectivity index (χ0v) is 15.2. The van der Waals surface area contributed by atoms with E-state index in [9.17, 15) is 18.3 Å². The molecule has 2 aromatic carbocycles. The lowest BCUT2D eigenvalue weighted by molar-refractivity contribution is 0.205. The highest BCUT2D eigenvalue weighted by Gasteiger charge is 2.28. The van der Waals surface area contributed by atoms with Crippen molar-refractivity contribution in [3.8, 4) is 11.1 Å². The molecule has 136 valence electrons. The Hall–Kier alpha value is -2.02. The van der Waals surface area contributed by atoms with Crippen molar-refractivity contribution in [1.29, 1.82) is 0 Å². The van der Waals surface area contributed by atoms with Crippen molar-refractivity contribution in [2.45, 2.75) is 13.0 Å². The van der Waals surface area contributed by atoms with E-state index in [1.54, 1.807) is 14.0 Å². The quantitative estimate of drug-likeness (QED) is 0.655. The van der Waals surface area contributed by atoms with Gasteiger partial charge >= 0.3 is 0 Å². The second-order valence-corrected chi connectivity index (χ2v) is 6.59. The smallest absolute Gasteiger partial charge is 0.133 e. The summed E-state index contributed by atoms with van der Waals surface area (Å²) in [4.78, 5) is 0. The van der Waals surface area contributed by atoms with Gasteiger partial charge in [0.2, 0.25) is 0 Å². The normalized spacial score (nSPS) is 12.5. The topological polar surface area (TPSA) is 38.0 Å². The van der Waals surface area contributed by atoms with Gasteiger partial charge in [-0.05, 0) is 31.2 Å². The van der Waals surface area contributed by atoms with Crippen molar-refractivity contribution >= 4 is 23.2 Å². The molecule has 26 heavy (non-hydrogen) atoms. The first-order valence-corrected chi connectivity index (χ1v) is 8.27. The van der Waals surface area contributed by atoms with Gasteiger partial charge in [-0.25, -0.2) is 13.2 Å². The molecule has 3 aromatic rings. The first kappa shape index (κ1) is 18.8. The summed E-state index contributed by atoms with van der Waals surface area (Å²) < 4.78 is 42.3. The highest BCUT2D eigenvalue weighted by atomic mass is 35.5.